The quantitative estimate of drug-likeness (QED) is 0.571. The van der Waals surface area contributed by atoms with E-state index in [4.69, 9.17) is 15.4 Å². The summed E-state index contributed by atoms with van der Waals surface area (Å²) in [4.78, 5) is 23.1. The SMILES string of the molecule is CO/N=C1\C[C@@H]2[C@H](CC[C@]3(C)C(=O)CC[C@@H]23)[C@@]2(C)C[C@@H](F)/C(=N/OCCN)CC12. The molecule has 162 valence electrons. The number of oxime groups is 2. The number of nitrogens with zero attached hydrogens (tertiary/aromatic N) is 2. The van der Waals surface area contributed by atoms with Gasteiger partial charge in [0.15, 0.2) is 0 Å². The van der Waals surface area contributed by atoms with Crippen LogP contribution in [0.3, 0.4) is 0 Å². The number of fused-ring (bicyclic) bond motifs is 5. The molecule has 0 radical (unpaired) electrons. The fourth-order valence-electron chi connectivity index (χ4n) is 7.16. The van der Waals surface area contributed by atoms with E-state index in [0.717, 1.165) is 31.4 Å². The van der Waals surface area contributed by atoms with Crippen LogP contribution in [-0.4, -0.2) is 43.6 Å². The zero-order chi connectivity index (χ0) is 20.8. The number of alkyl halides is 1. The molecule has 6 nitrogen and oxygen atoms in total. The molecule has 4 rings (SSSR count). The Morgan fingerprint density at radius 3 is 2.69 bits per heavy atom. The van der Waals surface area contributed by atoms with Crippen molar-refractivity contribution in [1.82, 2.24) is 0 Å². The van der Waals surface area contributed by atoms with Gasteiger partial charge in [0.25, 0.3) is 0 Å². The normalized spacial score (nSPS) is 46.9. The minimum Gasteiger partial charge on any atom is -0.399 e. The Labute approximate surface area is 172 Å². The summed E-state index contributed by atoms with van der Waals surface area (Å²) < 4.78 is 15.2. The third-order valence-electron chi connectivity index (χ3n) is 8.63. The molecule has 0 aromatic carbocycles. The molecule has 29 heavy (non-hydrogen) atoms. The monoisotopic (exact) mass is 407 g/mol. The third kappa shape index (κ3) is 3.20. The largest absolute Gasteiger partial charge is 0.399 e. The first kappa shape index (κ1) is 20.8. The molecule has 7 heteroatoms. The second-order valence-electron chi connectivity index (χ2n) is 9.90. The van der Waals surface area contributed by atoms with Crippen molar-refractivity contribution in [2.75, 3.05) is 20.3 Å². The lowest BCUT2D eigenvalue weighted by molar-refractivity contribution is -0.133. The minimum absolute atomic E-state index is 0.0948. The molecule has 1 unspecified atom stereocenters. The molecule has 0 bridgehead atoms. The molecule has 0 aliphatic heterocycles. The summed E-state index contributed by atoms with van der Waals surface area (Å²) in [7, 11) is 1.57. The zero-order valence-electron chi connectivity index (χ0n) is 17.8. The van der Waals surface area contributed by atoms with Crippen molar-refractivity contribution in [3.8, 4) is 0 Å². The van der Waals surface area contributed by atoms with Crippen LogP contribution >= 0.6 is 0 Å². The van der Waals surface area contributed by atoms with Gasteiger partial charge in [-0.15, -0.1) is 0 Å². The van der Waals surface area contributed by atoms with Crippen molar-refractivity contribution in [3.05, 3.63) is 0 Å². The summed E-state index contributed by atoms with van der Waals surface area (Å²) in [5, 5.41) is 8.48. The van der Waals surface area contributed by atoms with Crippen molar-refractivity contribution in [3.63, 3.8) is 0 Å². The van der Waals surface area contributed by atoms with Gasteiger partial charge in [0, 0.05) is 30.7 Å². The van der Waals surface area contributed by atoms with Crippen molar-refractivity contribution in [2.24, 2.45) is 50.5 Å². The number of nitrogens with two attached hydrogens (primary N) is 1. The first-order chi connectivity index (χ1) is 13.8. The van der Waals surface area contributed by atoms with Gasteiger partial charge in [0.1, 0.15) is 25.7 Å². The predicted octanol–water partition coefficient (Wildman–Crippen LogP) is 3.49. The molecule has 0 spiro atoms. The highest BCUT2D eigenvalue weighted by atomic mass is 19.1. The fraction of sp³-hybridized carbons (Fsp3) is 0.864. The summed E-state index contributed by atoms with van der Waals surface area (Å²) in [5.41, 5.74) is 6.49. The smallest absolute Gasteiger partial charge is 0.142 e. The number of hydrogen-bond acceptors (Lipinski definition) is 6. The summed E-state index contributed by atoms with van der Waals surface area (Å²) >= 11 is 0. The lowest BCUT2D eigenvalue weighted by Gasteiger charge is -2.59. The second kappa shape index (κ2) is 7.64. The highest BCUT2D eigenvalue weighted by Gasteiger charge is 2.62. The summed E-state index contributed by atoms with van der Waals surface area (Å²) in [5.74, 6) is 1.65. The average molecular weight is 408 g/mol. The van der Waals surface area contributed by atoms with Crippen molar-refractivity contribution < 1.29 is 18.9 Å². The first-order valence-electron chi connectivity index (χ1n) is 11.0. The second-order valence-corrected chi connectivity index (χ2v) is 9.90. The Morgan fingerprint density at radius 2 is 1.97 bits per heavy atom. The highest BCUT2D eigenvalue weighted by Crippen LogP contribution is 2.64. The first-order valence-corrected chi connectivity index (χ1v) is 11.0. The summed E-state index contributed by atoms with van der Waals surface area (Å²) in [6.45, 7) is 5.02. The number of rotatable bonds is 4. The number of ketones is 1. The van der Waals surface area contributed by atoms with Crippen molar-refractivity contribution in [1.29, 1.82) is 0 Å². The van der Waals surface area contributed by atoms with Crippen LogP contribution in [0.1, 0.15) is 58.8 Å². The standard InChI is InChI=1S/C22H34FN3O3/c1-21-7-6-15-13(14(21)4-5-20(21)27)10-18(25-28-3)16-11-19(26-29-9-8-24)17(23)12-22(15,16)2/h13-17H,4-12,24H2,1-3H3/b25-18+,26-19+/t13-,14-,15-,16?,17+,21-,22+/m0/s1. The fourth-order valence-corrected chi connectivity index (χ4v) is 7.16. The van der Waals surface area contributed by atoms with Crippen molar-refractivity contribution in [2.45, 2.75) is 65.0 Å². The molecule has 7 atom stereocenters. The van der Waals surface area contributed by atoms with Gasteiger partial charge < -0.3 is 15.4 Å². The molecule has 0 aromatic heterocycles. The zero-order valence-corrected chi connectivity index (χ0v) is 17.8. The molecule has 2 N–H and O–H groups in total. The van der Waals surface area contributed by atoms with Gasteiger partial charge in [0.2, 0.25) is 0 Å². The lowest BCUT2D eigenvalue weighted by Crippen LogP contribution is -2.58. The Kier molecular flexibility index (Phi) is 5.47. The number of hydrogen-bond donors (Lipinski definition) is 1. The lowest BCUT2D eigenvalue weighted by atomic mass is 9.44. The maximum Gasteiger partial charge on any atom is 0.142 e. The van der Waals surface area contributed by atoms with Crippen molar-refractivity contribution >= 4 is 17.2 Å². The Balaban J connectivity index is 1.67. The molecule has 0 saturated heterocycles. The van der Waals surface area contributed by atoms with Gasteiger partial charge in [-0.3, -0.25) is 4.79 Å². The Morgan fingerprint density at radius 1 is 1.17 bits per heavy atom. The molecular formula is C22H34FN3O3. The predicted molar refractivity (Wildman–Crippen MR) is 109 cm³/mol. The third-order valence-corrected chi connectivity index (χ3v) is 8.63. The molecule has 0 amide bonds. The van der Waals surface area contributed by atoms with Crippen LogP contribution in [0.25, 0.3) is 0 Å². The molecule has 0 heterocycles. The Hall–Kier alpha value is -1.50. The summed E-state index contributed by atoms with van der Waals surface area (Å²) in [6.07, 6.45) is 4.19. The van der Waals surface area contributed by atoms with E-state index in [0.29, 0.717) is 55.1 Å². The van der Waals surface area contributed by atoms with Crippen LogP contribution < -0.4 is 5.73 Å². The average Bonchev–Trinajstić information content (AvgIpc) is 2.98. The van der Waals surface area contributed by atoms with E-state index in [9.17, 15) is 4.79 Å². The van der Waals surface area contributed by atoms with Gasteiger partial charge >= 0.3 is 0 Å². The van der Waals surface area contributed by atoms with E-state index in [2.05, 4.69) is 24.2 Å². The molecular weight excluding hydrogens is 373 g/mol. The summed E-state index contributed by atoms with van der Waals surface area (Å²) in [6, 6.07) is 0. The van der Waals surface area contributed by atoms with Gasteiger partial charge in [0.05, 0.1) is 11.4 Å². The van der Waals surface area contributed by atoms with Gasteiger partial charge in [-0.2, -0.15) is 0 Å². The maximum absolute atomic E-state index is 15.2. The van der Waals surface area contributed by atoms with Gasteiger partial charge in [-0.1, -0.05) is 24.2 Å². The van der Waals surface area contributed by atoms with Crippen LogP contribution in [-0.2, 0) is 14.5 Å². The van der Waals surface area contributed by atoms with Crippen LogP contribution in [0.2, 0.25) is 0 Å². The van der Waals surface area contributed by atoms with Crippen LogP contribution in [0.15, 0.2) is 10.3 Å². The Bertz CT molecular complexity index is 726. The van der Waals surface area contributed by atoms with Crippen LogP contribution in [0.5, 0.6) is 0 Å². The van der Waals surface area contributed by atoms with Gasteiger partial charge in [-0.25, -0.2) is 4.39 Å². The number of carbonyl (C=O) groups excluding carboxylic acids is 1. The van der Waals surface area contributed by atoms with E-state index in [1.165, 1.54) is 0 Å². The topological polar surface area (TPSA) is 86.3 Å². The van der Waals surface area contributed by atoms with E-state index >= 15 is 4.39 Å². The van der Waals surface area contributed by atoms with E-state index in [-0.39, 0.29) is 23.4 Å². The number of halogens is 1. The number of Topliss-reactive ketones (excluding diaryl/α,β-unsaturated/α-hetero) is 1. The maximum atomic E-state index is 15.2. The van der Waals surface area contributed by atoms with E-state index < -0.39 is 6.17 Å². The molecule has 4 aliphatic rings. The van der Waals surface area contributed by atoms with Crippen LogP contribution in [0, 0.1) is 34.5 Å². The minimum atomic E-state index is -1.12. The van der Waals surface area contributed by atoms with Crippen LogP contribution in [0.4, 0.5) is 4.39 Å². The molecule has 0 aromatic rings. The number of carbonyl (C=O) groups is 1. The van der Waals surface area contributed by atoms with E-state index in [1.807, 2.05) is 0 Å². The highest BCUT2D eigenvalue weighted by molar-refractivity contribution is 5.97. The molecule has 4 aliphatic carbocycles. The molecule has 4 saturated carbocycles. The van der Waals surface area contributed by atoms with Gasteiger partial charge in [-0.05, 0) is 55.3 Å². The molecule has 4 fully saturated rings. The van der Waals surface area contributed by atoms with E-state index in [1.54, 1.807) is 7.11 Å².